The molecule has 0 aliphatic heterocycles. The summed E-state index contributed by atoms with van der Waals surface area (Å²) in [7, 11) is 0. The van der Waals surface area contributed by atoms with Crippen LogP contribution in [0.15, 0.2) is 187 Å². The maximum absolute atomic E-state index is 6.75. The van der Waals surface area contributed by atoms with Gasteiger partial charge in [-0.05, 0) is 67.8 Å². The summed E-state index contributed by atoms with van der Waals surface area (Å²) in [5.41, 5.74) is 15.5. The lowest BCUT2D eigenvalue weighted by Gasteiger charge is -2.07. The fourth-order valence-electron chi connectivity index (χ4n) is 6.74. The van der Waals surface area contributed by atoms with Crippen molar-refractivity contribution in [2.24, 2.45) is 0 Å². The molecule has 3 aromatic heterocycles. The molecule has 0 bridgehead atoms. The Morgan fingerprint density at radius 3 is 0.939 bits per heavy atom. The average molecular weight is 627 g/mol. The number of nitrogens with zero attached hydrogens (tertiary/aromatic N) is 2. The summed E-state index contributed by atoms with van der Waals surface area (Å²) in [5.74, 6) is 0. The Labute approximate surface area is 284 Å². The van der Waals surface area contributed by atoms with Crippen LogP contribution in [0.3, 0.4) is 0 Å². The third kappa shape index (κ3) is 5.38. The summed E-state index contributed by atoms with van der Waals surface area (Å²) in [6.45, 7) is 0. The molecule has 0 amide bonds. The van der Waals surface area contributed by atoms with Crippen LogP contribution in [0.2, 0.25) is 0 Å². The van der Waals surface area contributed by atoms with Crippen molar-refractivity contribution in [2.45, 2.75) is 0 Å². The number of benzene rings is 6. The minimum atomic E-state index is 0.906. The van der Waals surface area contributed by atoms with Gasteiger partial charge in [0.1, 0.15) is 11.2 Å². The SMILES string of the molecule is c1cncc(-c2ccc(-c3ccc(-c4cccc5c4oc4c(-c6ccc(-c7ccc(-c8cccnc8)cc7)cc6)cccc45)cc3)cc2)c1. The maximum atomic E-state index is 6.75. The van der Waals surface area contributed by atoms with E-state index in [1.54, 1.807) is 12.4 Å². The predicted octanol–water partition coefficient (Wildman–Crippen LogP) is 12.4. The second-order valence-electron chi connectivity index (χ2n) is 12.3. The number of hydrogen-bond donors (Lipinski definition) is 0. The molecule has 9 rings (SSSR count). The predicted molar refractivity (Wildman–Crippen MR) is 202 cm³/mol. The van der Waals surface area contributed by atoms with Gasteiger partial charge in [-0.1, -0.05) is 146 Å². The molecular weight excluding hydrogens is 597 g/mol. The van der Waals surface area contributed by atoms with Gasteiger partial charge >= 0.3 is 0 Å². The van der Waals surface area contributed by atoms with Crippen molar-refractivity contribution >= 4 is 21.9 Å². The van der Waals surface area contributed by atoms with Crippen LogP contribution < -0.4 is 0 Å². The van der Waals surface area contributed by atoms with Crippen molar-refractivity contribution in [2.75, 3.05) is 0 Å². The van der Waals surface area contributed by atoms with Gasteiger partial charge in [-0.25, -0.2) is 0 Å². The van der Waals surface area contributed by atoms with Gasteiger partial charge in [-0.2, -0.15) is 0 Å². The van der Waals surface area contributed by atoms with Gasteiger partial charge in [0.2, 0.25) is 0 Å². The van der Waals surface area contributed by atoms with Crippen molar-refractivity contribution in [3.05, 3.63) is 183 Å². The number of para-hydroxylation sites is 2. The van der Waals surface area contributed by atoms with Crippen molar-refractivity contribution in [1.29, 1.82) is 0 Å². The quantitative estimate of drug-likeness (QED) is 0.184. The van der Waals surface area contributed by atoms with E-state index in [9.17, 15) is 0 Å². The van der Waals surface area contributed by atoms with Gasteiger partial charge in [0.05, 0.1) is 0 Å². The molecule has 0 aliphatic rings. The maximum Gasteiger partial charge on any atom is 0.143 e. The molecule has 3 nitrogen and oxygen atoms in total. The molecule has 0 saturated carbocycles. The van der Waals surface area contributed by atoms with Crippen molar-refractivity contribution in [3.63, 3.8) is 0 Å². The molecule has 0 fully saturated rings. The standard InChI is InChI=1S/C46H30N2O/c1-7-41(37-23-19-33(20-24-37)31-11-15-35(16-12-31)39-5-3-27-47-29-39)45-43(9-1)44-10-2-8-42(46(44)49-45)38-25-21-34(22-26-38)32-13-17-36(18-14-32)40-6-4-28-48-30-40/h1-30H. The van der Waals surface area contributed by atoms with Crippen LogP contribution in [0.4, 0.5) is 0 Å². The molecule has 0 N–H and O–H groups in total. The van der Waals surface area contributed by atoms with Crippen LogP contribution in [0.25, 0.3) is 88.7 Å². The fraction of sp³-hybridized carbons (Fsp3) is 0. The number of aromatic nitrogens is 2. The highest BCUT2D eigenvalue weighted by atomic mass is 16.3. The van der Waals surface area contributed by atoms with E-state index < -0.39 is 0 Å². The highest BCUT2D eigenvalue weighted by Gasteiger charge is 2.16. The van der Waals surface area contributed by atoms with Gasteiger partial charge in [-0.15, -0.1) is 0 Å². The Kier molecular flexibility index (Phi) is 7.14. The minimum Gasteiger partial charge on any atom is -0.455 e. The molecule has 3 heteroatoms. The van der Waals surface area contributed by atoms with Gasteiger partial charge in [0, 0.05) is 46.7 Å². The number of hydrogen-bond acceptors (Lipinski definition) is 3. The second kappa shape index (κ2) is 12.2. The van der Waals surface area contributed by atoms with Crippen LogP contribution in [0, 0.1) is 0 Å². The first kappa shape index (κ1) is 28.6. The first-order valence-electron chi connectivity index (χ1n) is 16.5. The summed E-state index contributed by atoms with van der Waals surface area (Å²) < 4.78 is 6.75. The lowest BCUT2D eigenvalue weighted by atomic mass is 9.96. The van der Waals surface area contributed by atoms with Crippen LogP contribution in [0.1, 0.15) is 0 Å². The zero-order valence-corrected chi connectivity index (χ0v) is 26.6. The normalized spacial score (nSPS) is 11.3. The lowest BCUT2D eigenvalue weighted by molar-refractivity contribution is 0.671. The Hall–Kier alpha value is -6.58. The van der Waals surface area contributed by atoms with Crippen molar-refractivity contribution < 1.29 is 4.42 Å². The van der Waals surface area contributed by atoms with Gasteiger partial charge in [-0.3, -0.25) is 9.97 Å². The number of fused-ring (bicyclic) bond motifs is 3. The molecule has 230 valence electrons. The van der Waals surface area contributed by atoms with Gasteiger partial charge in [0.15, 0.2) is 0 Å². The average Bonchev–Trinajstić information content (AvgIpc) is 3.58. The van der Waals surface area contributed by atoms with Gasteiger partial charge in [0.25, 0.3) is 0 Å². The number of furan rings is 1. The Morgan fingerprint density at radius 2 is 0.612 bits per heavy atom. The first-order valence-corrected chi connectivity index (χ1v) is 16.5. The molecule has 0 aliphatic carbocycles. The van der Waals surface area contributed by atoms with E-state index in [1.807, 2.05) is 24.5 Å². The van der Waals surface area contributed by atoms with Crippen LogP contribution >= 0.6 is 0 Å². The molecular formula is C46H30N2O. The summed E-state index contributed by atoms with van der Waals surface area (Å²) in [4.78, 5) is 8.50. The van der Waals surface area contributed by atoms with E-state index >= 15 is 0 Å². The highest BCUT2D eigenvalue weighted by molar-refractivity contribution is 6.13. The van der Waals surface area contributed by atoms with Crippen LogP contribution in [0.5, 0.6) is 0 Å². The summed E-state index contributed by atoms with van der Waals surface area (Å²) in [5, 5.41) is 2.24. The third-order valence-electron chi connectivity index (χ3n) is 9.34. The summed E-state index contributed by atoms with van der Waals surface area (Å²) >= 11 is 0. The van der Waals surface area contributed by atoms with E-state index in [2.05, 4.69) is 156 Å². The topological polar surface area (TPSA) is 38.9 Å². The number of rotatable bonds is 6. The highest BCUT2D eigenvalue weighted by Crippen LogP contribution is 2.40. The van der Waals surface area contributed by atoms with E-state index in [-0.39, 0.29) is 0 Å². The largest absolute Gasteiger partial charge is 0.455 e. The molecule has 9 aromatic rings. The Morgan fingerprint density at radius 1 is 0.286 bits per heavy atom. The molecule has 0 unspecified atom stereocenters. The molecule has 0 spiro atoms. The smallest absolute Gasteiger partial charge is 0.143 e. The summed E-state index contributed by atoms with van der Waals surface area (Å²) in [6, 6.07) is 55.8. The van der Waals surface area contributed by atoms with E-state index in [0.717, 1.165) is 66.4 Å². The monoisotopic (exact) mass is 626 g/mol. The van der Waals surface area contributed by atoms with Crippen molar-refractivity contribution in [3.8, 4) is 66.8 Å². The summed E-state index contributed by atoms with van der Waals surface area (Å²) in [6.07, 6.45) is 7.39. The Balaban J connectivity index is 1.01. The van der Waals surface area contributed by atoms with Crippen molar-refractivity contribution in [1.82, 2.24) is 9.97 Å². The first-order chi connectivity index (χ1) is 24.3. The van der Waals surface area contributed by atoms with Crippen LogP contribution in [-0.2, 0) is 0 Å². The number of pyridine rings is 2. The van der Waals surface area contributed by atoms with Crippen LogP contribution in [-0.4, -0.2) is 9.97 Å². The Bertz CT molecular complexity index is 2350. The molecule has 0 radical (unpaired) electrons. The zero-order chi connectivity index (χ0) is 32.6. The molecule has 6 aromatic carbocycles. The molecule has 3 heterocycles. The molecule has 0 atom stereocenters. The van der Waals surface area contributed by atoms with E-state index in [0.29, 0.717) is 0 Å². The third-order valence-corrected chi connectivity index (χ3v) is 9.34. The lowest BCUT2D eigenvalue weighted by Crippen LogP contribution is -1.83. The second-order valence-corrected chi connectivity index (χ2v) is 12.3. The van der Waals surface area contributed by atoms with E-state index in [4.69, 9.17) is 4.42 Å². The molecule has 49 heavy (non-hydrogen) atoms. The minimum absolute atomic E-state index is 0.906. The fourth-order valence-corrected chi connectivity index (χ4v) is 6.74. The van der Waals surface area contributed by atoms with E-state index in [1.165, 1.54) is 22.3 Å². The zero-order valence-electron chi connectivity index (χ0n) is 26.6. The molecule has 0 saturated heterocycles. The van der Waals surface area contributed by atoms with Gasteiger partial charge < -0.3 is 4.42 Å².